The third-order valence-electron chi connectivity index (χ3n) is 2.49. The van der Waals surface area contributed by atoms with Gasteiger partial charge in [-0.05, 0) is 18.2 Å². The van der Waals surface area contributed by atoms with Gasteiger partial charge in [0.25, 0.3) is 0 Å². The third-order valence-corrected chi connectivity index (χ3v) is 4.53. The Morgan fingerprint density at radius 1 is 1.35 bits per heavy atom. The average molecular weight is 253 g/mol. The van der Waals surface area contributed by atoms with Crippen LogP contribution in [0.15, 0.2) is 23.1 Å². The molecule has 0 saturated heterocycles. The highest BCUT2D eigenvalue weighted by Crippen LogP contribution is 2.20. The molecule has 0 heterocycles. The molecule has 0 atom stereocenters. The van der Waals surface area contributed by atoms with Gasteiger partial charge in [0.05, 0.1) is 16.1 Å². The Kier molecular flexibility index (Phi) is 4.10. The summed E-state index contributed by atoms with van der Waals surface area (Å²) in [5.41, 5.74) is 6.07. The van der Waals surface area contributed by atoms with Gasteiger partial charge in [0.2, 0.25) is 10.0 Å². The molecule has 1 aromatic rings. The van der Waals surface area contributed by atoms with Gasteiger partial charge in [0, 0.05) is 13.1 Å². The second kappa shape index (κ2) is 5.17. The van der Waals surface area contributed by atoms with Crippen LogP contribution < -0.4 is 5.73 Å². The maximum absolute atomic E-state index is 12.1. The first kappa shape index (κ1) is 13.5. The van der Waals surface area contributed by atoms with Crippen molar-refractivity contribution in [3.05, 3.63) is 23.8 Å². The molecule has 0 radical (unpaired) electrons. The van der Waals surface area contributed by atoms with Crippen molar-refractivity contribution < 1.29 is 8.42 Å². The van der Waals surface area contributed by atoms with Gasteiger partial charge >= 0.3 is 0 Å². The summed E-state index contributed by atoms with van der Waals surface area (Å²) in [5.74, 6) is 0. The van der Waals surface area contributed by atoms with E-state index in [0.717, 1.165) is 0 Å². The minimum absolute atomic E-state index is 0.123. The minimum Gasteiger partial charge on any atom is -0.398 e. The van der Waals surface area contributed by atoms with Crippen LogP contribution in [0.2, 0.25) is 0 Å². The smallest absolute Gasteiger partial charge is 0.243 e. The van der Waals surface area contributed by atoms with Crippen molar-refractivity contribution in [3.63, 3.8) is 0 Å². The van der Waals surface area contributed by atoms with E-state index in [1.54, 1.807) is 13.8 Å². The van der Waals surface area contributed by atoms with E-state index in [1.165, 1.54) is 22.5 Å². The lowest BCUT2D eigenvalue weighted by atomic mass is 10.2. The van der Waals surface area contributed by atoms with Gasteiger partial charge in [0.15, 0.2) is 0 Å². The lowest BCUT2D eigenvalue weighted by Crippen LogP contribution is -2.30. The molecule has 6 heteroatoms. The molecule has 0 saturated carbocycles. The van der Waals surface area contributed by atoms with Crippen LogP contribution in [-0.4, -0.2) is 25.8 Å². The molecule has 0 amide bonds. The molecule has 0 aliphatic rings. The van der Waals surface area contributed by atoms with E-state index in [2.05, 4.69) is 0 Å². The zero-order valence-electron chi connectivity index (χ0n) is 9.84. The number of hydrogen-bond donors (Lipinski definition) is 1. The monoisotopic (exact) mass is 253 g/mol. The quantitative estimate of drug-likeness (QED) is 0.816. The van der Waals surface area contributed by atoms with Crippen molar-refractivity contribution in [1.29, 1.82) is 5.26 Å². The summed E-state index contributed by atoms with van der Waals surface area (Å²) in [6.07, 6.45) is 0. The van der Waals surface area contributed by atoms with Gasteiger partial charge in [-0.2, -0.15) is 9.57 Å². The molecule has 1 rings (SSSR count). The Bertz CT molecular complexity index is 542. The van der Waals surface area contributed by atoms with Crippen molar-refractivity contribution in [3.8, 4) is 6.07 Å². The van der Waals surface area contributed by atoms with Gasteiger partial charge in [-0.25, -0.2) is 8.42 Å². The predicted octanol–water partition coefficient (Wildman–Crippen LogP) is 1.17. The average Bonchev–Trinajstić information content (AvgIpc) is 2.30. The Morgan fingerprint density at radius 3 is 2.35 bits per heavy atom. The van der Waals surface area contributed by atoms with Gasteiger partial charge in [-0.3, -0.25) is 0 Å². The van der Waals surface area contributed by atoms with Crippen LogP contribution in [0.3, 0.4) is 0 Å². The van der Waals surface area contributed by atoms with Gasteiger partial charge in [0.1, 0.15) is 6.07 Å². The van der Waals surface area contributed by atoms with Crippen molar-refractivity contribution in [2.24, 2.45) is 0 Å². The summed E-state index contributed by atoms with van der Waals surface area (Å²) in [6.45, 7) is 4.35. The van der Waals surface area contributed by atoms with E-state index in [1.807, 2.05) is 6.07 Å². The summed E-state index contributed by atoms with van der Waals surface area (Å²) in [7, 11) is -3.50. The summed E-state index contributed by atoms with van der Waals surface area (Å²) < 4.78 is 25.6. The summed E-state index contributed by atoms with van der Waals surface area (Å²) >= 11 is 0. The number of rotatable bonds is 4. The molecular formula is C11H15N3O2S. The number of sulfonamides is 1. The highest BCUT2D eigenvalue weighted by molar-refractivity contribution is 7.89. The van der Waals surface area contributed by atoms with E-state index >= 15 is 0 Å². The van der Waals surface area contributed by atoms with Crippen molar-refractivity contribution in [2.75, 3.05) is 18.8 Å². The van der Waals surface area contributed by atoms with Crippen LogP contribution in [0.4, 0.5) is 5.69 Å². The normalized spacial score (nSPS) is 11.4. The first-order valence-electron chi connectivity index (χ1n) is 5.27. The number of anilines is 1. The second-order valence-corrected chi connectivity index (χ2v) is 5.39. The van der Waals surface area contributed by atoms with Crippen LogP contribution in [0.25, 0.3) is 0 Å². The van der Waals surface area contributed by atoms with E-state index in [4.69, 9.17) is 11.0 Å². The van der Waals surface area contributed by atoms with Crippen LogP contribution in [0, 0.1) is 11.3 Å². The molecule has 92 valence electrons. The third kappa shape index (κ3) is 2.57. The molecule has 0 aliphatic carbocycles. The van der Waals surface area contributed by atoms with Gasteiger partial charge in [-0.15, -0.1) is 0 Å². The molecule has 1 aromatic carbocycles. The molecule has 0 fully saturated rings. The topological polar surface area (TPSA) is 87.2 Å². The van der Waals surface area contributed by atoms with E-state index in [-0.39, 0.29) is 16.1 Å². The molecule has 0 unspecified atom stereocenters. The first-order chi connectivity index (χ1) is 7.97. The Hall–Kier alpha value is -1.58. The van der Waals surface area contributed by atoms with Crippen LogP contribution in [-0.2, 0) is 10.0 Å². The first-order valence-corrected chi connectivity index (χ1v) is 6.71. The molecule has 0 aromatic heterocycles. The maximum atomic E-state index is 12.1. The maximum Gasteiger partial charge on any atom is 0.243 e. The Balaban J connectivity index is 3.26. The fraction of sp³-hybridized carbons (Fsp3) is 0.364. The lowest BCUT2D eigenvalue weighted by molar-refractivity contribution is 0.445. The van der Waals surface area contributed by atoms with Gasteiger partial charge in [-0.1, -0.05) is 13.8 Å². The number of benzene rings is 1. The largest absolute Gasteiger partial charge is 0.398 e. The Morgan fingerprint density at radius 2 is 1.94 bits per heavy atom. The fourth-order valence-electron chi connectivity index (χ4n) is 1.52. The minimum atomic E-state index is -3.50. The molecule has 0 aliphatic heterocycles. The van der Waals surface area contributed by atoms with E-state index in [0.29, 0.717) is 13.1 Å². The number of nitriles is 1. The zero-order valence-corrected chi connectivity index (χ0v) is 10.7. The summed E-state index contributed by atoms with van der Waals surface area (Å²) in [6, 6.07) is 6.05. The number of nitrogens with two attached hydrogens (primary N) is 1. The molecular weight excluding hydrogens is 238 g/mol. The number of nitrogen functional groups attached to an aromatic ring is 1. The molecule has 0 bridgehead atoms. The molecule has 5 nitrogen and oxygen atoms in total. The standard InChI is InChI=1S/C11H15N3O2S/c1-3-14(4-2)17(15,16)10-6-5-9(8-12)11(13)7-10/h5-7H,3-4,13H2,1-2H3. The van der Waals surface area contributed by atoms with E-state index in [9.17, 15) is 8.42 Å². The van der Waals surface area contributed by atoms with Crippen LogP contribution in [0.5, 0.6) is 0 Å². The highest BCUT2D eigenvalue weighted by Gasteiger charge is 2.21. The summed E-state index contributed by atoms with van der Waals surface area (Å²) in [5, 5.41) is 8.72. The zero-order chi connectivity index (χ0) is 13.1. The van der Waals surface area contributed by atoms with Crippen LogP contribution >= 0.6 is 0 Å². The second-order valence-electron chi connectivity index (χ2n) is 3.45. The molecule has 0 spiro atoms. The SMILES string of the molecule is CCN(CC)S(=O)(=O)c1ccc(C#N)c(N)c1. The fourth-order valence-corrected chi connectivity index (χ4v) is 3.01. The summed E-state index contributed by atoms with van der Waals surface area (Å²) in [4.78, 5) is 0.123. The van der Waals surface area contributed by atoms with Gasteiger partial charge < -0.3 is 5.73 Å². The number of hydrogen-bond acceptors (Lipinski definition) is 4. The number of nitrogens with zero attached hydrogens (tertiary/aromatic N) is 2. The molecule has 17 heavy (non-hydrogen) atoms. The highest BCUT2D eigenvalue weighted by atomic mass is 32.2. The van der Waals surface area contributed by atoms with E-state index < -0.39 is 10.0 Å². The van der Waals surface area contributed by atoms with Crippen molar-refractivity contribution >= 4 is 15.7 Å². The lowest BCUT2D eigenvalue weighted by Gasteiger charge is -2.18. The molecule has 2 N–H and O–H groups in total. The van der Waals surface area contributed by atoms with Crippen molar-refractivity contribution in [1.82, 2.24) is 4.31 Å². The predicted molar refractivity (Wildman–Crippen MR) is 65.7 cm³/mol. The van der Waals surface area contributed by atoms with Crippen LogP contribution in [0.1, 0.15) is 19.4 Å². The van der Waals surface area contributed by atoms with Crippen molar-refractivity contribution in [2.45, 2.75) is 18.7 Å². The Labute approximate surface area is 102 Å².